The summed E-state index contributed by atoms with van der Waals surface area (Å²) in [7, 11) is 0. The smallest absolute Gasteiger partial charge is 0.307 e. The van der Waals surface area contributed by atoms with Crippen LogP contribution in [0.5, 0.6) is 0 Å². The van der Waals surface area contributed by atoms with Gasteiger partial charge in [-0.3, -0.25) is 4.79 Å². The van der Waals surface area contributed by atoms with Crippen LogP contribution in [-0.4, -0.2) is 11.1 Å². The second-order valence-corrected chi connectivity index (χ2v) is 4.16. The zero-order valence-electron chi connectivity index (χ0n) is 9.06. The van der Waals surface area contributed by atoms with Crippen LogP contribution in [0.4, 0.5) is 0 Å². The molecule has 17 heavy (non-hydrogen) atoms. The summed E-state index contributed by atoms with van der Waals surface area (Å²) in [5.74, 6) is -0.853. The van der Waals surface area contributed by atoms with Gasteiger partial charge in [0.05, 0.1) is 6.42 Å². The number of aliphatic carboxylic acids is 1. The molecule has 2 nitrogen and oxygen atoms in total. The van der Waals surface area contributed by atoms with E-state index in [4.69, 9.17) is 16.7 Å². The van der Waals surface area contributed by atoms with Crippen molar-refractivity contribution < 1.29 is 9.90 Å². The van der Waals surface area contributed by atoms with Crippen molar-refractivity contribution in [3.63, 3.8) is 0 Å². The summed E-state index contributed by atoms with van der Waals surface area (Å²) in [5, 5.41) is 9.28. The minimum Gasteiger partial charge on any atom is -0.481 e. The predicted molar refractivity (Wildman–Crippen MR) is 68.2 cm³/mol. The van der Waals surface area contributed by atoms with Crippen LogP contribution in [0.3, 0.4) is 0 Å². The molecule has 2 aromatic rings. The van der Waals surface area contributed by atoms with E-state index >= 15 is 0 Å². The number of carboxylic acids is 1. The average molecular weight is 247 g/mol. The van der Waals surface area contributed by atoms with Gasteiger partial charge in [-0.05, 0) is 17.2 Å². The molecule has 2 aromatic carbocycles. The molecule has 0 saturated heterocycles. The van der Waals surface area contributed by atoms with E-state index in [9.17, 15) is 4.79 Å². The fourth-order valence-corrected chi connectivity index (χ4v) is 2.01. The molecule has 0 aliphatic heterocycles. The maximum Gasteiger partial charge on any atom is 0.307 e. The second-order valence-electron chi connectivity index (χ2n) is 3.75. The van der Waals surface area contributed by atoms with Crippen molar-refractivity contribution in [3.05, 3.63) is 59.1 Å². The predicted octanol–water partition coefficient (Wildman–Crippen LogP) is 3.63. The first-order valence-electron chi connectivity index (χ1n) is 5.22. The van der Waals surface area contributed by atoms with Crippen LogP contribution in [-0.2, 0) is 11.2 Å². The fraction of sp³-hybridized carbons (Fsp3) is 0.0714. The number of hydrogen-bond acceptors (Lipinski definition) is 1. The van der Waals surface area contributed by atoms with Gasteiger partial charge in [0, 0.05) is 10.6 Å². The molecule has 3 heteroatoms. The first-order valence-corrected chi connectivity index (χ1v) is 5.60. The zero-order valence-corrected chi connectivity index (χ0v) is 9.82. The molecule has 0 aliphatic carbocycles. The van der Waals surface area contributed by atoms with E-state index in [-0.39, 0.29) is 6.42 Å². The third-order valence-corrected chi connectivity index (χ3v) is 2.79. The lowest BCUT2D eigenvalue weighted by atomic mass is 10.0. The van der Waals surface area contributed by atoms with E-state index in [2.05, 4.69) is 0 Å². The summed E-state index contributed by atoms with van der Waals surface area (Å²) in [6, 6.07) is 15.1. The van der Waals surface area contributed by atoms with Gasteiger partial charge < -0.3 is 5.11 Å². The Morgan fingerprint density at radius 3 is 2.41 bits per heavy atom. The molecule has 0 aromatic heterocycles. The van der Waals surface area contributed by atoms with Crippen molar-refractivity contribution in [2.75, 3.05) is 0 Å². The van der Waals surface area contributed by atoms with E-state index < -0.39 is 5.97 Å². The normalized spacial score (nSPS) is 10.2. The molecule has 1 N–H and O–H groups in total. The minimum absolute atomic E-state index is 0.00517. The number of benzene rings is 2. The van der Waals surface area contributed by atoms with Crippen molar-refractivity contribution in [2.45, 2.75) is 6.42 Å². The number of carbonyl (C=O) groups is 1. The van der Waals surface area contributed by atoms with E-state index in [1.54, 1.807) is 12.1 Å². The first kappa shape index (κ1) is 11.7. The lowest BCUT2D eigenvalue weighted by molar-refractivity contribution is -0.136. The Morgan fingerprint density at radius 2 is 1.82 bits per heavy atom. The number of carboxylic acid groups (broad SMARTS) is 1. The Labute approximate surface area is 104 Å². The van der Waals surface area contributed by atoms with Crippen molar-refractivity contribution in [2.24, 2.45) is 0 Å². The number of rotatable bonds is 3. The van der Waals surface area contributed by atoms with Crippen LogP contribution in [0.15, 0.2) is 48.5 Å². The van der Waals surface area contributed by atoms with Crippen molar-refractivity contribution in [3.8, 4) is 11.1 Å². The van der Waals surface area contributed by atoms with Gasteiger partial charge in [-0.25, -0.2) is 0 Å². The molecule has 0 saturated carbocycles. The highest BCUT2D eigenvalue weighted by Gasteiger charge is 2.06. The van der Waals surface area contributed by atoms with Gasteiger partial charge in [-0.2, -0.15) is 0 Å². The van der Waals surface area contributed by atoms with Crippen LogP contribution in [0, 0.1) is 0 Å². The highest BCUT2D eigenvalue weighted by Crippen LogP contribution is 2.28. The summed E-state index contributed by atoms with van der Waals surface area (Å²) < 4.78 is 0. The molecule has 0 aliphatic rings. The van der Waals surface area contributed by atoms with Crippen LogP contribution >= 0.6 is 11.6 Å². The van der Waals surface area contributed by atoms with Crippen molar-refractivity contribution in [1.82, 2.24) is 0 Å². The Kier molecular flexibility index (Phi) is 3.45. The summed E-state index contributed by atoms with van der Waals surface area (Å²) in [4.78, 5) is 10.6. The molecular formula is C14H11ClO2. The molecular weight excluding hydrogens is 236 g/mol. The van der Waals surface area contributed by atoms with Gasteiger partial charge in [0.1, 0.15) is 0 Å². The van der Waals surface area contributed by atoms with Gasteiger partial charge in [-0.15, -0.1) is 0 Å². The maximum absolute atomic E-state index is 10.6. The quantitative estimate of drug-likeness (QED) is 0.898. The van der Waals surface area contributed by atoms with Gasteiger partial charge >= 0.3 is 5.97 Å². The van der Waals surface area contributed by atoms with Gasteiger partial charge in [-0.1, -0.05) is 54.1 Å². The Hall–Kier alpha value is -1.80. The van der Waals surface area contributed by atoms with Crippen LogP contribution < -0.4 is 0 Å². The van der Waals surface area contributed by atoms with Gasteiger partial charge in [0.2, 0.25) is 0 Å². The topological polar surface area (TPSA) is 37.3 Å². The molecule has 2 rings (SSSR count). The van der Waals surface area contributed by atoms with Crippen LogP contribution in [0.25, 0.3) is 11.1 Å². The Balaban J connectivity index is 2.35. The number of hydrogen-bond donors (Lipinski definition) is 1. The first-order chi connectivity index (χ1) is 8.16. The van der Waals surface area contributed by atoms with E-state index in [0.717, 1.165) is 11.1 Å². The average Bonchev–Trinajstić information content (AvgIpc) is 2.29. The third kappa shape index (κ3) is 2.86. The summed E-state index contributed by atoms with van der Waals surface area (Å²) in [6.45, 7) is 0. The minimum atomic E-state index is -0.853. The maximum atomic E-state index is 10.6. The standard InChI is InChI=1S/C14H11ClO2/c15-13-8-10(9-14(16)17)6-7-12(13)11-4-2-1-3-5-11/h1-8H,9H2,(H,16,17). The molecule has 0 unspecified atom stereocenters. The molecule has 86 valence electrons. The summed E-state index contributed by atoms with van der Waals surface area (Å²) >= 11 is 6.15. The van der Waals surface area contributed by atoms with Crippen molar-refractivity contribution in [1.29, 1.82) is 0 Å². The number of halogens is 1. The van der Waals surface area contributed by atoms with Gasteiger partial charge in [0.25, 0.3) is 0 Å². The lowest BCUT2D eigenvalue weighted by Gasteiger charge is -2.06. The summed E-state index contributed by atoms with van der Waals surface area (Å²) in [5.41, 5.74) is 2.66. The van der Waals surface area contributed by atoms with E-state index in [1.807, 2.05) is 36.4 Å². The molecule has 0 radical (unpaired) electrons. The highest BCUT2D eigenvalue weighted by atomic mass is 35.5. The highest BCUT2D eigenvalue weighted by molar-refractivity contribution is 6.33. The fourth-order valence-electron chi connectivity index (χ4n) is 1.70. The van der Waals surface area contributed by atoms with Crippen LogP contribution in [0.2, 0.25) is 5.02 Å². The largest absolute Gasteiger partial charge is 0.481 e. The Bertz CT molecular complexity index is 535. The molecule has 0 bridgehead atoms. The van der Waals surface area contributed by atoms with E-state index in [0.29, 0.717) is 10.6 Å². The molecule has 0 spiro atoms. The Morgan fingerprint density at radius 1 is 1.12 bits per heavy atom. The molecule has 0 amide bonds. The molecule has 0 atom stereocenters. The van der Waals surface area contributed by atoms with Crippen molar-refractivity contribution >= 4 is 17.6 Å². The van der Waals surface area contributed by atoms with Crippen LogP contribution in [0.1, 0.15) is 5.56 Å². The molecule has 0 heterocycles. The molecule has 0 fully saturated rings. The lowest BCUT2D eigenvalue weighted by Crippen LogP contribution is -1.99. The van der Waals surface area contributed by atoms with Gasteiger partial charge in [0.15, 0.2) is 0 Å². The SMILES string of the molecule is O=C(O)Cc1ccc(-c2ccccc2)c(Cl)c1. The summed E-state index contributed by atoms with van der Waals surface area (Å²) in [6.07, 6.45) is -0.00517. The monoisotopic (exact) mass is 246 g/mol. The third-order valence-electron chi connectivity index (χ3n) is 2.47. The zero-order chi connectivity index (χ0) is 12.3. The second kappa shape index (κ2) is 5.02. The van der Waals surface area contributed by atoms with E-state index in [1.165, 1.54) is 0 Å².